The molecule has 0 heterocycles. The van der Waals surface area contributed by atoms with Crippen LogP contribution in [-0.2, 0) is 6.42 Å². The summed E-state index contributed by atoms with van der Waals surface area (Å²) in [6.07, 6.45) is 3.13. The molecular weight excluding hydrogens is 178 g/mol. The minimum absolute atomic E-state index is 1.07. The third-order valence-corrected chi connectivity index (χ3v) is 2.81. The topological polar surface area (TPSA) is 12.4 Å². The van der Waals surface area contributed by atoms with Gasteiger partial charge in [0, 0.05) is 12.6 Å². The minimum atomic E-state index is 1.07. The Balaban J connectivity index is 3.12. The minimum Gasteiger partial charge on any atom is -0.281 e. The first-order valence-corrected chi connectivity index (χ1v) is 5.65. The van der Waals surface area contributed by atoms with Gasteiger partial charge in [-0.1, -0.05) is 31.2 Å². The largest absolute Gasteiger partial charge is 0.281 e. The van der Waals surface area contributed by atoms with Crippen LogP contribution in [0.4, 0.5) is 0 Å². The molecule has 1 aromatic carbocycles. The lowest BCUT2D eigenvalue weighted by Crippen LogP contribution is -1.99. The van der Waals surface area contributed by atoms with Crippen LogP contribution in [0.3, 0.4) is 0 Å². The molecule has 0 aromatic heterocycles. The van der Waals surface area contributed by atoms with E-state index in [9.17, 15) is 0 Å². The Hall–Kier alpha value is -0.760. The molecule has 1 rings (SSSR count). The third-order valence-electron chi connectivity index (χ3n) is 2.03. The highest BCUT2D eigenvalue weighted by Crippen LogP contribution is 2.16. The molecule has 1 aromatic rings. The van der Waals surface area contributed by atoms with Gasteiger partial charge in [0.2, 0.25) is 0 Å². The highest BCUT2D eigenvalue weighted by atomic mass is 32.2. The van der Waals surface area contributed by atoms with Gasteiger partial charge < -0.3 is 0 Å². The maximum absolute atomic E-state index is 4.27. The lowest BCUT2D eigenvalue weighted by Gasteiger charge is -2.07. The van der Waals surface area contributed by atoms with Gasteiger partial charge >= 0.3 is 0 Å². The number of thioether (sulfide) groups is 1. The summed E-state index contributed by atoms with van der Waals surface area (Å²) in [5, 5.41) is 1.12. The van der Waals surface area contributed by atoms with Crippen LogP contribution in [0.5, 0.6) is 0 Å². The summed E-state index contributed by atoms with van der Waals surface area (Å²) in [7, 11) is 1.85. The predicted molar refractivity (Wildman–Crippen MR) is 61.8 cm³/mol. The Morgan fingerprint density at radius 2 is 2.08 bits per heavy atom. The van der Waals surface area contributed by atoms with Crippen molar-refractivity contribution in [3.05, 3.63) is 35.4 Å². The van der Waals surface area contributed by atoms with Crippen molar-refractivity contribution in [2.24, 2.45) is 4.99 Å². The zero-order chi connectivity index (χ0) is 9.68. The normalized spacial score (nSPS) is 11.8. The summed E-state index contributed by atoms with van der Waals surface area (Å²) in [4.78, 5) is 4.27. The Morgan fingerprint density at radius 1 is 1.38 bits per heavy atom. The number of rotatable bonds is 2. The van der Waals surface area contributed by atoms with Gasteiger partial charge in [-0.2, -0.15) is 0 Å². The molecule has 0 saturated carbocycles. The summed E-state index contributed by atoms with van der Waals surface area (Å²) >= 11 is 1.70. The van der Waals surface area contributed by atoms with E-state index < -0.39 is 0 Å². The molecule has 13 heavy (non-hydrogen) atoms. The van der Waals surface area contributed by atoms with Crippen molar-refractivity contribution in [1.29, 1.82) is 0 Å². The van der Waals surface area contributed by atoms with Crippen LogP contribution < -0.4 is 0 Å². The second-order valence-corrected chi connectivity index (χ2v) is 3.54. The van der Waals surface area contributed by atoms with Gasteiger partial charge in [-0.05, 0) is 18.2 Å². The van der Waals surface area contributed by atoms with Crippen LogP contribution in [0.25, 0.3) is 0 Å². The van der Waals surface area contributed by atoms with Crippen LogP contribution in [0.15, 0.2) is 29.3 Å². The monoisotopic (exact) mass is 193 g/mol. The molecule has 0 radical (unpaired) electrons. The van der Waals surface area contributed by atoms with Gasteiger partial charge in [-0.15, -0.1) is 11.8 Å². The summed E-state index contributed by atoms with van der Waals surface area (Å²) in [5.74, 6) is 0. The van der Waals surface area contributed by atoms with Gasteiger partial charge in [0.25, 0.3) is 0 Å². The van der Waals surface area contributed by atoms with Crippen molar-refractivity contribution in [3.63, 3.8) is 0 Å². The Bertz CT molecular complexity index is 305. The van der Waals surface area contributed by atoms with Crippen molar-refractivity contribution in [2.75, 3.05) is 13.3 Å². The molecule has 0 unspecified atom stereocenters. The molecular formula is C11H15NS. The standard InChI is InChI=1S/C11H15NS/c1-4-9-7-5-6-8-10(9)11(12-2)13-3/h5-8H,4H2,1-3H3. The molecule has 0 spiro atoms. The number of nitrogens with zero attached hydrogens (tertiary/aromatic N) is 1. The second kappa shape index (κ2) is 5.07. The number of hydrogen-bond donors (Lipinski definition) is 0. The predicted octanol–water partition coefficient (Wildman–Crippen LogP) is 2.99. The first-order chi connectivity index (χ1) is 6.33. The molecule has 0 N–H and O–H groups in total. The van der Waals surface area contributed by atoms with E-state index >= 15 is 0 Å². The third kappa shape index (κ3) is 2.34. The molecule has 0 aliphatic rings. The molecule has 70 valence electrons. The van der Waals surface area contributed by atoms with Crippen LogP contribution in [0.2, 0.25) is 0 Å². The zero-order valence-electron chi connectivity index (χ0n) is 8.37. The van der Waals surface area contributed by atoms with Gasteiger partial charge in [0.1, 0.15) is 0 Å². The van der Waals surface area contributed by atoms with Gasteiger partial charge in [-0.25, -0.2) is 0 Å². The molecule has 1 nitrogen and oxygen atoms in total. The SMILES string of the molecule is CCc1ccccc1C(=NC)SC. The van der Waals surface area contributed by atoms with Crippen LogP contribution in [0, 0.1) is 0 Å². The fourth-order valence-electron chi connectivity index (χ4n) is 1.36. The van der Waals surface area contributed by atoms with Gasteiger partial charge in [0.15, 0.2) is 0 Å². The van der Waals surface area contributed by atoms with Crippen LogP contribution in [-0.4, -0.2) is 18.3 Å². The fraction of sp³-hybridized carbons (Fsp3) is 0.364. The van der Waals surface area contributed by atoms with E-state index in [4.69, 9.17) is 0 Å². The van der Waals surface area contributed by atoms with E-state index in [1.54, 1.807) is 11.8 Å². The van der Waals surface area contributed by atoms with Crippen molar-refractivity contribution in [3.8, 4) is 0 Å². The van der Waals surface area contributed by atoms with Crippen molar-refractivity contribution in [1.82, 2.24) is 0 Å². The number of aliphatic imine (C=N–C) groups is 1. The van der Waals surface area contributed by atoms with Gasteiger partial charge in [0.05, 0.1) is 5.04 Å². The second-order valence-electron chi connectivity index (χ2n) is 2.74. The molecule has 0 fully saturated rings. The summed E-state index contributed by atoms with van der Waals surface area (Å²) in [6.45, 7) is 2.17. The Labute approximate surface area is 84.3 Å². The maximum Gasteiger partial charge on any atom is 0.0973 e. The summed E-state index contributed by atoms with van der Waals surface area (Å²) in [5.41, 5.74) is 2.65. The molecule has 0 saturated heterocycles. The average Bonchev–Trinajstić information content (AvgIpc) is 2.20. The molecule has 2 heteroatoms. The van der Waals surface area contributed by atoms with Crippen molar-refractivity contribution in [2.45, 2.75) is 13.3 Å². The maximum atomic E-state index is 4.27. The van der Waals surface area contributed by atoms with Crippen molar-refractivity contribution < 1.29 is 0 Å². The van der Waals surface area contributed by atoms with E-state index in [0.29, 0.717) is 0 Å². The van der Waals surface area contributed by atoms with E-state index in [1.807, 2.05) is 7.05 Å². The zero-order valence-corrected chi connectivity index (χ0v) is 9.19. The van der Waals surface area contributed by atoms with Gasteiger partial charge in [-0.3, -0.25) is 4.99 Å². The summed E-state index contributed by atoms with van der Waals surface area (Å²) in [6, 6.07) is 8.44. The number of benzene rings is 1. The average molecular weight is 193 g/mol. The van der Waals surface area contributed by atoms with E-state index in [-0.39, 0.29) is 0 Å². The fourth-order valence-corrected chi connectivity index (χ4v) is 1.96. The number of aryl methyl sites for hydroxylation is 1. The molecule has 0 amide bonds. The smallest absolute Gasteiger partial charge is 0.0973 e. The highest BCUT2D eigenvalue weighted by Gasteiger charge is 2.04. The van der Waals surface area contributed by atoms with Crippen LogP contribution >= 0.6 is 11.8 Å². The molecule has 0 atom stereocenters. The van der Waals surface area contributed by atoms with Crippen molar-refractivity contribution >= 4 is 16.8 Å². The lowest BCUT2D eigenvalue weighted by molar-refractivity contribution is 1.13. The van der Waals surface area contributed by atoms with Crippen LogP contribution in [0.1, 0.15) is 18.1 Å². The van der Waals surface area contributed by atoms with E-state index in [2.05, 4.69) is 42.4 Å². The van der Waals surface area contributed by atoms with E-state index in [0.717, 1.165) is 11.5 Å². The quantitative estimate of drug-likeness (QED) is 0.519. The first-order valence-electron chi connectivity index (χ1n) is 4.42. The molecule has 0 bridgehead atoms. The summed E-state index contributed by atoms with van der Waals surface area (Å²) < 4.78 is 0. The molecule has 0 aliphatic carbocycles. The highest BCUT2D eigenvalue weighted by molar-refractivity contribution is 8.13. The lowest BCUT2D eigenvalue weighted by atomic mass is 10.1. The van der Waals surface area contributed by atoms with E-state index in [1.165, 1.54) is 11.1 Å². The molecule has 0 aliphatic heterocycles. The number of hydrogen-bond acceptors (Lipinski definition) is 2. The Morgan fingerprint density at radius 3 is 2.62 bits per heavy atom. The Kier molecular flexibility index (Phi) is 4.03. The first kappa shape index (κ1) is 10.3.